The van der Waals surface area contributed by atoms with Gasteiger partial charge in [0.1, 0.15) is 24.0 Å². The molecule has 2 aromatic heterocycles. The normalized spacial score (nSPS) is 13.0. The molecular formula is C75H53N5O. The average molecular weight is 1040 g/mol. The van der Waals surface area contributed by atoms with Gasteiger partial charge in [0, 0.05) is 51.2 Å². The third kappa shape index (κ3) is 9.51. The second-order valence-corrected chi connectivity index (χ2v) is 20.2. The number of para-hydroxylation sites is 2. The van der Waals surface area contributed by atoms with Gasteiger partial charge in [-0.2, -0.15) is 0 Å². The minimum absolute atomic E-state index is 0.452. The number of ether oxygens (including phenoxy) is 1. The highest BCUT2D eigenvalue weighted by atomic mass is 16.5. The predicted molar refractivity (Wildman–Crippen MR) is 336 cm³/mol. The molecule has 14 rings (SSSR count). The zero-order valence-corrected chi connectivity index (χ0v) is 44.3. The summed E-state index contributed by atoms with van der Waals surface area (Å²) < 4.78 is 11.0. The van der Waals surface area contributed by atoms with E-state index in [1.54, 1.807) is 0 Å². The first-order valence-electron chi connectivity index (χ1n) is 27.3. The van der Waals surface area contributed by atoms with Crippen LogP contribution in [-0.2, 0) is 0 Å². The quantitative estimate of drug-likeness (QED) is 0.130. The van der Waals surface area contributed by atoms with E-state index < -0.39 is 0 Å². The summed E-state index contributed by atoms with van der Waals surface area (Å²) >= 11 is 0. The number of imidazole rings is 2. The van der Waals surface area contributed by atoms with Gasteiger partial charge in [-0.15, -0.1) is 0 Å². The Balaban J connectivity index is 0.799. The maximum atomic E-state index is 6.41. The fourth-order valence-electron chi connectivity index (χ4n) is 11.1. The van der Waals surface area contributed by atoms with Gasteiger partial charge in [-0.1, -0.05) is 195 Å². The van der Waals surface area contributed by atoms with Crippen LogP contribution in [0.4, 0.5) is 17.1 Å². The standard InChI is InChI=1S/C75H53N5O/c1-52-19-7-6-16-46-81-73-51-67(42-43-68(52)73)78(65-38-32-53(33-39-65)57-24-17-26-59(47-57)61-36-44-69-71(49-61)79(63-28-12-4-13-29-63)74(76-69)55-20-8-2-9-21-55)66-40-34-54(35-41-66)58-25-18-27-60(48-58)62-37-45-70-72(50-62)80(64-30-14-5-15-31-64)75(77-70)56-22-10-3-11-23-56/h2-45,47-51H,1,46H2/b16-6-,19-7-. The molecule has 0 saturated carbocycles. The van der Waals surface area contributed by atoms with Crippen molar-refractivity contribution in [2.24, 2.45) is 0 Å². The van der Waals surface area contributed by atoms with Crippen LogP contribution in [0.25, 0.3) is 106 Å². The molecule has 1 aliphatic heterocycles. The first-order valence-corrected chi connectivity index (χ1v) is 27.3. The Labute approximate surface area is 471 Å². The van der Waals surface area contributed by atoms with Gasteiger partial charge in [-0.25, -0.2) is 9.97 Å². The van der Waals surface area contributed by atoms with Crippen molar-refractivity contribution in [2.75, 3.05) is 11.5 Å². The molecular weight excluding hydrogens is 987 g/mol. The van der Waals surface area contributed by atoms with Crippen LogP contribution in [-0.4, -0.2) is 25.7 Å². The highest BCUT2D eigenvalue weighted by Crippen LogP contribution is 2.42. The molecule has 1 aliphatic rings. The maximum absolute atomic E-state index is 6.41. The minimum atomic E-state index is 0.452. The van der Waals surface area contributed by atoms with E-state index in [0.29, 0.717) is 6.61 Å². The van der Waals surface area contributed by atoms with Crippen LogP contribution in [0.3, 0.4) is 0 Å². The summed E-state index contributed by atoms with van der Waals surface area (Å²) in [7, 11) is 0. The van der Waals surface area contributed by atoms with Gasteiger partial charge in [0.25, 0.3) is 0 Å². The summed E-state index contributed by atoms with van der Waals surface area (Å²) in [6.07, 6.45) is 8.06. The molecule has 0 bridgehead atoms. The Morgan fingerprint density at radius 2 is 0.765 bits per heavy atom. The van der Waals surface area contributed by atoms with E-state index in [0.717, 1.165) is 135 Å². The molecule has 0 radical (unpaired) electrons. The van der Waals surface area contributed by atoms with Gasteiger partial charge in [0.05, 0.1) is 22.1 Å². The molecule has 0 amide bonds. The van der Waals surface area contributed by atoms with Crippen molar-refractivity contribution in [3.05, 3.63) is 309 Å². The number of hydrogen-bond donors (Lipinski definition) is 0. The average Bonchev–Trinajstić information content (AvgIpc) is 4.32. The number of fused-ring (bicyclic) bond motifs is 3. The molecule has 13 aromatic rings. The molecule has 0 fully saturated rings. The van der Waals surface area contributed by atoms with Crippen molar-refractivity contribution in [3.8, 4) is 84.4 Å². The lowest BCUT2D eigenvalue weighted by molar-refractivity contribution is 0.362. The van der Waals surface area contributed by atoms with Crippen molar-refractivity contribution in [1.82, 2.24) is 19.1 Å². The molecule has 0 saturated heterocycles. The van der Waals surface area contributed by atoms with E-state index in [1.807, 2.05) is 36.4 Å². The van der Waals surface area contributed by atoms with E-state index in [-0.39, 0.29) is 0 Å². The van der Waals surface area contributed by atoms with Crippen LogP contribution >= 0.6 is 0 Å². The van der Waals surface area contributed by atoms with Crippen LogP contribution in [0.15, 0.2) is 304 Å². The molecule has 0 N–H and O–H groups in total. The second kappa shape index (κ2) is 21.2. The lowest BCUT2D eigenvalue weighted by atomic mass is 9.98. The number of allylic oxidation sites excluding steroid dienone is 4. The van der Waals surface area contributed by atoms with E-state index in [4.69, 9.17) is 14.7 Å². The molecule has 384 valence electrons. The van der Waals surface area contributed by atoms with Gasteiger partial charge < -0.3 is 9.64 Å². The number of aromatic nitrogens is 4. The monoisotopic (exact) mass is 1040 g/mol. The lowest BCUT2D eigenvalue weighted by Gasteiger charge is -2.27. The summed E-state index contributed by atoms with van der Waals surface area (Å²) in [6, 6.07) is 96.8. The molecule has 11 aromatic carbocycles. The van der Waals surface area contributed by atoms with Crippen molar-refractivity contribution >= 4 is 44.7 Å². The molecule has 81 heavy (non-hydrogen) atoms. The molecule has 6 nitrogen and oxygen atoms in total. The van der Waals surface area contributed by atoms with Crippen LogP contribution in [0.5, 0.6) is 5.75 Å². The Morgan fingerprint density at radius 1 is 0.358 bits per heavy atom. The predicted octanol–water partition coefficient (Wildman–Crippen LogP) is 19.4. The summed E-state index contributed by atoms with van der Waals surface area (Å²) in [5.41, 5.74) is 22.1. The van der Waals surface area contributed by atoms with Crippen LogP contribution < -0.4 is 9.64 Å². The summed E-state index contributed by atoms with van der Waals surface area (Å²) in [5, 5.41) is 0. The number of nitrogens with zero attached hydrogens (tertiary/aromatic N) is 5. The van der Waals surface area contributed by atoms with Crippen molar-refractivity contribution in [2.45, 2.75) is 0 Å². The van der Waals surface area contributed by atoms with E-state index in [1.165, 1.54) is 0 Å². The summed E-state index contributed by atoms with van der Waals surface area (Å²) in [6.45, 7) is 4.83. The van der Waals surface area contributed by atoms with E-state index in [9.17, 15) is 0 Å². The fourth-order valence-corrected chi connectivity index (χ4v) is 11.1. The Bertz CT molecular complexity index is 4250. The van der Waals surface area contributed by atoms with Crippen LogP contribution in [0, 0.1) is 0 Å². The van der Waals surface area contributed by atoms with Gasteiger partial charge in [0.2, 0.25) is 0 Å². The smallest absolute Gasteiger partial charge is 0.145 e. The van der Waals surface area contributed by atoms with Gasteiger partial charge in [0.15, 0.2) is 0 Å². The third-order valence-electron chi connectivity index (χ3n) is 15.2. The van der Waals surface area contributed by atoms with Gasteiger partial charge >= 0.3 is 0 Å². The van der Waals surface area contributed by atoms with E-state index >= 15 is 0 Å². The van der Waals surface area contributed by atoms with Crippen LogP contribution in [0.1, 0.15) is 5.56 Å². The first kappa shape index (κ1) is 48.5. The number of benzene rings is 11. The lowest BCUT2D eigenvalue weighted by Crippen LogP contribution is -2.10. The van der Waals surface area contributed by atoms with E-state index in [2.05, 4.69) is 281 Å². The maximum Gasteiger partial charge on any atom is 0.145 e. The van der Waals surface area contributed by atoms with Gasteiger partial charge in [-0.05, 0) is 153 Å². The molecule has 0 aliphatic carbocycles. The van der Waals surface area contributed by atoms with Crippen molar-refractivity contribution in [3.63, 3.8) is 0 Å². The first-order chi connectivity index (χ1) is 40.1. The Morgan fingerprint density at radius 3 is 1.25 bits per heavy atom. The van der Waals surface area contributed by atoms with Crippen molar-refractivity contribution < 1.29 is 4.74 Å². The SMILES string of the molecule is C=C1/C=C\C=C/COc2cc(N(c3ccc(-c4cccc(-c5ccc6nc(-c7ccccc7)n(-c7ccccc7)c6c5)c4)cc3)c3ccc(-c4cccc(-c5ccc6nc(-c7ccccc7)n(-c7ccccc7)c6c5)c4)cc3)ccc21. The zero-order valence-electron chi connectivity index (χ0n) is 44.3. The number of hydrogen-bond acceptors (Lipinski definition) is 4. The molecule has 3 heterocycles. The Hall–Kier alpha value is -10.8. The third-order valence-corrected chi connectivity index (χ3v) is 15.2. The molecule has 0 atom stereocenters. The summed E-state index contributed by atoms with van der Waals surface area (Å²) in [5.74, 6) is 2.61. The molecule has 0 spiro atoms. The molecule has 0 unspecified atom stereocenters. The molecule has 6 heteroatoms. The zero-order chi connectivity index (χ0) is 54.1. The minimum Gasteiger partial charge on any atom is -0.489 e. The number of rotatable bonds is 11. The largest absolute Gasteiger partial charge is 0.489 e. The second-order valence-electron chi connectivity index (χ2n) is 20.2. The topological polar surface area (TPSA) is 48.1 Å². The van der Waals surface area contributed by atoms with Crippen molar-refractivity contribution in [1.29, 1.82) is 0 Å². The van der Waals surface area contributed by atoms with Gasteiger partial charge in [-0.3, -0.25) is 9.13 Å². The Kier molecular flexibility index (Phi) is 12.7. The fraction of sp³-hybridized carbons (Fsp3) is 0.0133. The highest BCUT2D eigenvalue weighted by molar-refractivity contribution is 5.91. The number of anilines is 3. The summed E-state index contributed by atoms with van der Waals surface area (Å²) in [4.78, 5) is 12.6. The van der Waals surface area contributed by atoms with Crippen LogP contribution in [0.2, 0.25) is 0 Å². The highest BCUT2D eigenvalue weighted by Gasteiger charge is 2.20.